The summed E-state index contributed by atoms with van der Waals surface area (Å²) in [5.74, 6) is 0. The number of benzene rings is 1. The fraction of sp³-hybridized carbons (Fsp3) is 0.188. The average molecular weight is 293 g/mol. The highest BCUT2D eigenvalue weighted by atomic mass is 16.5. The highest BCUT2D eigenvalue weighted by Crippen LogP contribution is 2.24. The van der Waals surface area contributed by atoms with Gasteiger partial charge in [0.15, 0.2) is 5.65 Å². The molecule has 0 aliphatic rings. The number of ether oxygens (including phenoxy) is 1. The topological polar surface area (TPSA) is 75.2 Å². The molecule has 0 spiro atoms. The zero-order valence-electron chi connectivity index (χ0n) is 12.2. The van der Waals surface area contributed by atoms with E-state index in [0.29, 0.717) is 18.7 Å². The molecule has 0 bridgehead atoms. The Hall–Kier alpha value is -2.91. The van der Waals surface area contributed by atoms with E-state index in [9.17, 15) is 0 Å². The number of pyridine rings is 1. The molecule has 0 saturated heterocycles. The summed E-state index contributed by atoms with van der Waals surface area (Å²) in [7, 11) is 1.67. The lowest BCUT2D eigenvalue weighted by Crippen LogP contribution is -2.08. The van der Waals surface area contributed by atoms with Crippen molar-refractivity contribution in [1.29, 1.82) is 5.26 Å². The van der Waals surface area contributed by atoms with Gasteiger partial charge >= 0.3 is 0 Å². The molecule has 0 radical (unpaired) electrons. The van der Waals surface area contributed by atoms with E-state index >= 15 is 0 Å². The minimum Gasteiger partial charge on any atom is -0.383 e. The lowest BCUT2D eigenvalue weighted by Gasteiger charge is -2.10. The van der Waals surface area contributed by atoms with E-state index in [1.165, 1.54) is 6.33 Å². The predicted octanol–water partition coefficient (Wildman–Crippen LogP) is 2.33. The maximum Gasteiger partial charge on any atom is 0.158 e. The van der Waals surface area contributed by atoms with Crippen LogP contribution in [0.25, 0.3) is 16.9 Å². The minimum absolute atomic E-state index is 0.629. The number of nitriles is 1. The zero-order chi connectivity index (χ0) is 15.4. The number of fused-ring (bicyclic) bond motifs is 1. The Morgan fingerprint density at radius 2 is 2.09 bits per heavy atom. The molecule has 1 N–H and O–H groups in total. The molecule has 0 amide bonds. The summed E-state index contributed by atoms with van der Waals surface area (Å²) in [5.41, 5.74) is 4.25. The van der Waals surface area contributed by atoms with Crippen LogP contribution in [0.1, 0.15) is 5.56 Å². The Labute approximate surface area is 128 Å². The largest absolute Gasteiger partial charge is 0.383 e. The molecule has 3 aromatic rings. The Morgan fingerprint density at radius 3 is 2.82 bits per heavy atom. The molecule has 0 saturated carbocycles. The zero-order valence-corrected chi connectivity index (χ0v) is 12.2. The molecule has 2 heterocycles. The van der Waals surface area contributed by atoms with Crippen LogP contribution in [0.5, 0.6) is 0 Å². The molecule has 0 unspecified atom stereocenters. The van der Waals surface area contributed by atoms with Crippen LogP contribution in [0.15, 0.2) is 42.7 Å². The molecule has 0 fully saturated rings. The summed E-state index contributed by atoms with van der Waals surface area (Å²) >= 11 is 0. The molecule has 1 aromatic carbocycles. The molecule has 22 heavy (non-hydrogen) atoms. The van der Waals surface area contributed by atoms with Gasteiger partial charge in [0.25, 0.3) is 0 Å². The average Bonchev–Trinajstić information content (AvgIpc) is 3.03. The molecule has 110 valence electrons. The van der Waals surface area contributed by atoms with Gasteiger partial charge in [0.1, 0.15) is 6.33 Å². The molecule has 2 aromatic heterocycles. The fourth-order valence-corrected chi connectivity index (χ4v) is 2.24. The Kier molecular flexibility index (Phi) is 3.99. The van der Waals surface area contributed by atoms with Gasteiger partial charge in [-0.15, -0.1) is 0 Å². The van der Waals surface area contributed by atoms with Crippen LogP contribution in [0.4, 0.5) is 5.69 Å². The number of hydrogen-bond acceptors (Lipinski definition) is 5. The highest BCUT2D eigenvalue weighted by molar-refractivity contribution is 5.70. The molecule has 6 nitrogen and oxygen atoms in total. The minimum atomic E-state index is 0.629. The third kappa shape index (κ3) is 2.75. The van der Waals surface area contributed by atoms with Crippen LogP contribution in [-0.2, 0) is 4.74 Å². The van der Waals surface area contributed by atoms with E-state index in [-0.39, 0.29) is 0 Å². The van der Waals surface area contributed by atoms with Crippen molar-refractivity contribution in [3.8, 4) is 17.3 Å². The SMILES string of the molecule is COCCNc1cc(-c2ccc(C#N)cc2)n2ncnc2c1. The van der Waals surface area contributed by atoms with Gasteiger partial charge in [-0.2, -0.15) is 10.4 Å². The van der Waals surface area contributed by atoms with Crippen molar-refractivity contribution in [1.82, 2.24) is 14.6 Å². The number of rotatable bonds is 5. The van der Waals surface area contributed by atoms with E-state index in [1.54, 1.807) is 23.8 Å². The van der Waals surface area contributed by atoms with Crippen LogP contribution >= 0.6 is 0 Å². The number of methoxy groups -OCH3 is 1. The molecule has 3 rings (SSSR count). The first-order valence-electron chi connectivity index (χ1n) is 6.89. The number of hydrogen-bond donors (Lipinski definition) is 1. The monoisotopic (exact) mass is 293 g/mol. The predicted molar refractivity (Wildman–Crippen MR) is 83.5 cm³/mol. The first kappa shape index (κ1) is 14.0. The van der Waals surface area contributed by atoms with Crippen molar-refractivity contribution in [2.24, 2.45) is 0 Å². The quantitative estimate of drug-likeness (QED) is 0.731. The Morgan fingerprint density at radius 1 is 1.27 bits per heavy atom. The third-order valence-corrected chi connectivity index (χ3v) is 3.32. The fourth-order valence-electron chi connectivity index (χ4n) is 2.24. The second-order valence-corrected chi connectivity index (χ2v) is 4.77. The second kappa shape index (κ2) is 6.24. The van der Waals surface area contributed by atoms with E-state index < -0.39 is 0 Å². The number of aromatic nitrogens is 3. The lowest BCUT2D eigenvalue weighted by molar-refractivity contribution is 0.211. The van der Waals surface area contributed by atoms with E-state index in [0.717, 1.165) is 22.6 Å². The Bertz CT molecular complexity index is 817. The summed E-state index contributed by atoms with van der Waals surface area (Å²) in [6.45, 7) is 1.34. The maximum atomic E-state index is 8.90. The summed E-state index contributed by atoms with van der Waals surface area (Å²) in [6, 6.07) is 13.5. The summed E-state index contributed by atoms with van der Waals surface area (Å²) in [6.07, 6.45) is 1.53. The van der Waals surface area contributed by atoms with Crippen LogP contribution in [0.3, 0.4) is 0 Å². The standard InChI is InChI=1S/C16H15N5O/c1-22-7-6-18-14-8-15(21-16(9-14)19-11-20-21)13-4-2-12(10-17)3-5-13/h2-5,8-9,11,18H,6-7H2,1H3. The Balaban J connectivity index is 2.02. The number of anilines is 1. The van der Waals surface area contributed by atoms with Gasteiger partial charge < -0.3 is 10.1 Å². The van der Waals surface area contributed by atoms with Crippen molar-refractivity contribution in [3.63, 3.8) is 0 Å². The molecular formula is C16H15N5O. The molecule has 6 heteroatoms. The lowest BCUT2D eigenvalue weighted by atomic mass is 10.1. The first-order valence-corrected chi connectivity index (χ1v) is 6.89. The van der Waals surface area contributed by atoms with Gasteiger partial charge in [-0.1, -0.05) is 12.1 Å². The number of nitrogens with zero attached hydrogens (tertiary/aromatic N) is 4. The normalized spacial score (nSPS) is 10.5. The van der Waals surface area contributed by atoms with Gasteiger partial charge in [-0.25, -0.2) is 9.50 Å². The van der Waals surface area contributed by atoms with Crippen molar-refractivity contribution < 1.29 is 4.74 Å². The smallest absolute Gasteiger partial charge is 0.158 e. The van der Waals surface area contributed by atoms with Crippen molar-refractivity contribution in [3.05, 3.63) is 48.3 Å². The molecule has 0 aliphatic heterocycles. The van der Waals surface area contributed by atoms with Gasteiger partial charge in [-0.05, 0) is 18.2 Å². The van der Waals surface area contributed by atoms with E-state index in [1.807, 2.05) is 24.3 Å². The van der Waals surface area contributed by atoms with E-state index in [2.05, 4.69) is 21.5 Å². The maximum absolute atomic E-state index is 8.90. The third-order valence-electron chi connectivity index (χ3n) is 3.32. The van der Waals surface area contributed by atoms with Crippen molar-refractivity contribution >= 4 is 11.3 Å². The van der Waals surface area contributed by atoms with Crippen LogP contribution in [0, 0.1) is 11.3 Å². The second-order valence-electron chi connectivity index (χ2n) is 4.77. The van der Waals surface area contributed by atoms with Gasteiger partial charge in [0.2, 0.25) is 0 Å². The van der Waals surface area contributed by atoms with Crippen LogP contribution < -0.4 is 5.32 Å². The van der Waals surface area contributed by atoms with Gasteiger partial charge in [0.05, 0.1) is 23.9 Å². The van der Waals surface area contributed by atoms with Crippen molar-refractivity contribution in [2.45, 2.75) is 0 Å². The van der Waals surface area contributed by atoms with Crippen LogP contribution in [-0.4, -0.2) is 34.9 Å². The molecular weight excluding hydrogens is 278 g/mol. The first-order chi connectivity index (χ1) is 10.8. The summed E-state index contributed by atoms with van der Waals surface area (Å²) in [4.78, 5) is 4.26. The molecule has 0 atom stereocenters. The molecule has 0 aliphatic carbocycles. The van der Waals surface area contributed by atoms with E-state index in [4.69, 9.17) is 10.00 Å². The number of nitrogens with one attached hydrogen (secondary N) is 1. The van der Waals surface area contributed by atoms with Crippen LogP contribution in [0.2, 0.25) is 0 Å². The van der Waals surface area contributed by atoms with Gasteiger partial charge in [-0.3, -0.25) is 0 Å². The summed E-state index contributed by atoms with van der Waals surface area (Å²) in [5, 5.41) is 16.5. The van der Waals surface area contributed by atoms with Crippen molar-refractivity contribution in [2.75, 3.05) is 25.6 Å². The van der Waals surface area contributed by atoms with Gasteiger partial charge in [0, 0.05) is 31.0 Å². The highest BCUT2D eigenvalue weighted by Gasteiger charge is 2.08. The summed E-state index contributed by atoms with van der Waals surface area (Å²) < 4.78 is 6.83.